The highest BCUT2D eigenvalue weighted by atomic mass is 16.4. The van der Waals surface area contributed by atoms with E-state index in [4.69, 9.17) is 5.11 Å². The maximum Gasteiger partial charge on any atom is 0.335 e. The van der Waals surface area contributed by atoms with Crippen molar-refractivity contribution in [3.63, 3.8) is 0 Å². The van der Waals surface area contributed by atoms with Crippen LogP contribution in [0.25, 0.3) is 11.0 Å². The van der Waals surface area contributed by atoms with Crippen LogP contribution in [-0.4, -0.2) is 43.1 Å². The molecule has 0 bridgehead atoms. The van der Waals surface area contributed by atoms with E-state index in [2.05, 4.69) is 30.8 Å². The summed E-state index contributed by atoms with van der Waals surface area (Å²) >= 11 is 0. The van der Waals surface area contributed by atoms with E-state index in [0.29, 0.717) is 30.3 Å². The number of aryl methyl sites for hydroxylation is 1. The van der Waals surface area contributed by atoms with E-state index in [1.807, 2.05) is 20.8 Å². The second-order valence-electron chi connectivity index (χ2n) is 9.09. The molecule has 2 amide bonds. The van der Waals surface area contributed by atoms with Gasteiger partial charge in [0.1, 0.15) is 17.4 Å². The molecule has 32 heavy (non-hydrogen) atoms. The van der Waals surface area contributed by atoms with Crippen molar-refractivity contribution in [2.45, 2.75) is 46.1 Å². The molecule has 3 aromatic rings. The Labute approximate surface area is 183 Å². The molecule has 4 rings (SSSR count). The first-order chi connectivity index (χ1) is 15.1. The molecule has 0 saturated heterocycles. The summed E-state index contributed by atoms with van der Waals surface area (Å²) in [5.41, 5.74) is 2.66. The van der Waals surface area contributed by atoms with Crippen LogP contribution in [-0.2, 0) is 11.2 Å². The highest BCUT2D eigenvalue weighted by Gasteiger charge is 2.27. The van der Waals surface area contributed by atoms with Crippen LogP contribution >= 0.6 is 0 Å². The fourth-order valence-corrected chi connectivity index (χ4v) is 3.88. The van der Waals surface area contributed by atoms with Gasteiger partial charge in [-0.2, -0.15) is 5.10 Å². The van der Waals surface area contributed by atoms with Crippen LogP contribution in [0.1, 0.15) is 71.6 Å². The summed E-state index contributed by atoms with van der Waals surface area (Å²) in [5, 5.41) is 21.7. The Morgan fingerprint density at radius 3 is 2.72 bits per heavy atom. The number of nitrogens with one attached hydrogen (secondary N) is 3. The van der Waals surface area contributed by atoms with E-state index in [1.165, 1.54) is 12.4 Å². The zero-order valence-electron chi connectivity index (χ0n) is 18.0. The number of carboxylic acid groups (broad SMARTS) is 1. The zero-order valence-corrected chi connectivity index (χ0v) is 18.0. The summed E-state index contributed by atoms with van der Waals surface area (Å²) < 4.78 is 0. The molecule has 2 aromatic heterocycles. The molecule has 1 aliphatic rings. The molecule has 0 radical (unpaired) electrons. The Kier molecular flexibility index (Phi) is 5.37. The topological polar surface area (TPSA) is 150 Å². The van der Waals surface area contributed by atoms with Gasteiger partial charge in [-0.25, -0.2) is 14.8 Å². The quantitative estimate of drug-likeness (QED) is 0.480. The van der Waals surface area contributed by atoms with Gasteiger partial charge in [-0.05, 0) is 41.5 Å². The molecule has 0 saturated carbocycles. The average molecular weight is 436 g/mol. The number of aromatic amines is 1. The molecule has 166 valence electrons. The third-order valence-electron chi connectivity index (χ3n) is 5.29. The van der Waals surface area contributed by atoms with E-state index in [0.717, 1.165) is 11.1 Å². The monoisotopic (exact) mass is 436 g/mol. The summed E-state index contributed by atoms with van der Waals surface area (Å²) in [5.74, 6) is -1.33. The third-order valence-corrected chi connectivity index (χ3v) is 5.29. The van der Waals surface area contributed by atoms with E-state index in [-0.39, 0.29) is 34.4 Å². The molecule has 10 nitrogen and oxygen atoms in total. The van der Waals surface area contributed by atoms with E-state index < -0.39 is 11.9 Å². The number of H-pyrrole nitrogens is 1. The van der Waals surface area contributed by atoms with Gasteiger partial charge < -0.3 is 15.7 Å². The van der Waals surface area contributed by atoms with Crippen LogP contribution in [0.15, 0.2) is 24.5 Å². The predicted molar refractivity (Wildman–Crippen MR) is 116 cm³/mol. The number of hydrogen-bond donors (Lipinski definition) is 4. The lowest BCUT2D eigenvalue weighted by atomic mass is 9.92. The van der Waals surface area contributed by atoms with Gasteiger partial charge in [0.25, 0.3) is 5.91 Å². The second-order valence-corrected chi connectivity index (χ2v) is 9.09. The third kappa shape index (κ3) is 4.29. The van der Waals surface area contributed by atoms with Crippen molar-refractivity contribution in [1.82, 2.24) is 25.5 Å². The number of rotatable bonds is 5. The fourth-order valence-electron chi connectivity index (χ4n) is 3.88. The van der Waals surface area contributed by atoms with Crippen molar-refractivity contribution in [2.24, 2.45) is 5.41 Å². The van der Waals surface area contributed by atoms with Gasteiger partial charge in [-0.3, -0.25) is 14.7 Å². The summed E-state index contributed by atoms with van der Waals surface area (Å²) in [4.78, 5) is 44.7. The van der Waals surface area contributed by atoms with Crippen LogP contribution in [0.5, 0.6) is 0 Å². The van der Waals surface area contributed by atoms with Gasteiger partial charge >= 0.3 is 5.97 Å². The lowest BCUT2D eigenvalue weighted by Gasteiger charge is -2.16. The number of nitrogens with zero attached hydrogens (tertiary/aromatic N) is 3. The van der Waals surface area contributed by atoms with Crippen molar-refractivity contribution in [3.8, 4) is 0 Å². The van der Waals surface area contributed by atoms with E-state index in [1.54, 1.807) is 12.1 Å². The normalized spacial score (nSPS) is 15.4. The van der Waals surface area contributed by atoms with Crippen molar-refractivity contribution in [2.75, 3.05) is 5.32 Å². The van der Waals surface area contributed by atoms with Crippen molar-refractivity contribution >= 4 is 34.6 Å². The first-order valence-electron chi connectivity index (χ1n) is 10.3. The van der Waals surface area contributed by atoms with Gasteiger partial charge in [-0.15, -0.1) is 0 Å². The van der Waals surface area contributed by atoms with Gasteiger partial charge in [-0.1, -0.05) is 26.8 Å². The first kappa shape index (κ1) is 21.4. The number of aromatic nitrogens is 4. The molecule has 1 atom stereocenters. The van der Waals surface area contributed by atoms with Crippen LogP contribution in [0.2, 0.25) is 0 Å². The number of amides is 2. The number of carbonyl (C=O) groups excluding carboxylic acids is 2. The number of fused-ring (bicyclic) bond motifs is 2. The van der Waals surface area contributed by atoms with Crippen LogP contribution in [0.4, 0.5) is 5.82 Å². The molecule has 2 heterocycles. The second kappa shape index (κ2) is 8.03. The molecule has 10 heteroatoms. The number of carboxylic acids is 1. The molecular formula is C22H24N6O4. The molecular weight excluding hydrogens is 412 g/mol. The highest BCUT2D eigenvalue weighted by molar-refractivity contribution is 6.07. The minimum absolute atomic E-state index is 0.120. The number of aromatic carboxylic acids is 1. The lowest BCUT2D eigenvalue weighted by Crippen LogP contribution is -2.28. The minimum atomic E-state index is -0.978. The number of benzene rings is 1. The first-order valence-corrected chi connectivity index (χ1v) is 10.3. The lowest BCUT2D eigenvalue weighted by molar-refractivity contribution is -0.117. The minimum Gasteiger partial charge on any atom is -0.478 e. The Morgan fingerprint density at radius 1 is 1.22 bits per heavy atom. The Hall–Kier alpha value is -3.82. The van der Waals surface area contributed by atoms with Crippen molar-refractivity contribution < 1.29 is 19.5 Å². The predicted octanol–water partition coefficient (Wildman–Crippen LogP) is 2.84. The van der Waals surface area contributed by atoms with Crippen LogP contribution in [0, 0.1) is 5.41 Å². The van der Waals surface area contributed by atoms with Crippen LogP contribution in [0.3, 0.4) is 0 Å². The SMILES string of the molecule is CC(C)(C)CC(=O)Nc1n[nH]c2c(C(=O)N[C@H]3CCc4cc(C(=O)O)ccc43)ncnc12. The maximum atomic E-state index is 13.0. The maximum absolute atomic E-state index is 13.0. The largest absolute Gasteiger partial charge is 0.478 e. The number of carbonyl (C=O) groups is 3. The number of anilines is 1. The molecule has 0 unspecified atom stereocenters. The fraction of sp³-hybridized carbons (Fsp3) is 0.364. The Balaban J connectivity index is 1.54. The Morgan fingerprint density at radius 2 is 2.00 bits per heavy atom. The van der Waals surface area contributed by atoms with Gasteiger partial charge in [0.15, 0.2) is 11.5 Å². The summed E-state index contributed by atoms with van der Waals surface area (Å²) in [7, 11) is 0. The molecule has 1 aliphatic carbocycles. The van der Waals surface area contributed by atoms with Crippen LogP contribution < -0.4 is 10.6 Å². The average Bonchev–Trinajstić information content (AvgIpc) is 3.30. The summed E-state index contributed by atoms with van der Waals surface area (Å²) in [6.07, 6.45) is 2.91. The number of hydrogen-bond acceptors (Lipinski definition) is 6. The summed E-state index contributed by atoms with van der Waals surface area (Å²) in [6.45, 7) is 5.89. The van der Waals surface area contributed by atoms with Gasteiger partial charge in [0, 0.05) is 6.42 Å². The van der Waals surface area contributed by atoms with Gasteiger partial charge in [0.2, 0.25) is 5.91 Å². The molecule has 0 aliphatic heterocycles. The molecule has 1 aromatic carbocycles. The smallest absolute Gasteiger partial charge is 0.335 e. The zero-order chi connectivity index (χ0) is 23.0. The molecule has 0 fully saturated rings. The van der Waals surface area contributed by atoms with E-state index in [9.17, 15) is 14.4 Å². The molecule has 0 spiro atoms. The van der Waals surface area contributed by atoms with Crippen molar-refractivity contribution in [1.29, 1.82) is 0 Å². The molecule has 4 N–H and O–H groups in total. The van der Waals surface area contributed by atoms with Crippen molar-refractivity contribution in [3.05, 3.63) is 46.9 Å². The van der Waals surface area contributed by atoms with Gasteiger partial charge in [0.05, 0.1) is 11.6 Å². The Bertz CT molecular complexity index is 1230. The highest BCUT2D eigenvalue weighted by Crippen LogP contribution is 2.32. The van der Waals surface area contributed by atoms with E-state index >= 15 is 0 Å². The summed E-state index contributed by atoms with van der Waals surface area (Å²) in [6, 6.07) is 4.68. The standard InChI is InChI=1S/C22H24N6O4/c1-22(2,3)9-15(29)26-19-17-16(27-28-19)18(24-10-23-17)20(30)25-14-7-5-11-8-12(21(31)32)4-6-13(11)14/h4,6,8,10,14H,5,7,9H2,1-3H3,(H,25,30)(H,31,32)(H2,26,27,28,29)/t14-/m0/s1.